The average molecular weight is 386 g/mol. The summed E-state index contributed by atoms with van der Waals surface area (Å²) in [6, 6.07) is 15.0. The molecule has 0 fully saturated rings. The smallest absolute Gasteiger partial charge is 0.338 e. The highest BCUT2D eigenvalue weighted by Gasteiger charge is 2.16. The number of hydrogen-bond donors (Lipinski definition) is 1. The molecule has 0 radical (unpaired) electrons. The van der Waals surface area contributed by atoms with Crippen LogP contribution in [0, 0.1) is 0 Å². The van der Waals surface area contributed by atoms with Crippen LogP contribution >= 0.6 is 0 Å². The summed E-state index contributed by atoms with van der Waals surface area (Å²) in [6.45, 7) is 1.85. The van der Waals surface area contributed by atoms with Gasteiger partial charge in [0.2, 0.25) is 15.9 Å². The summed E-state index contributed by atoms with van der Waals surface area (Å²) in [5, 5.41) is 0. The zero-order valence-electron chi connectivity index (χ0n) is 14.6. The van der Waals surface area contributed by atoms with Crippen molar-refractivity contribution in [2.24, 2.45) is 0 Å². The van der Waals surface area contributed by atoms with Gasteiger partial charge in [-0.05, 0) is 30.3 Å². The maximum absolute atomic E-state index is 12.2. The molecule has 0 aliphatic heterocycles. The lowest BCUT2D eigenvalue weighted by atomic mass is 10.2. The molecule has 0 amide bonds. The van der Waals surface area contributed by atoms with Crippen LogP contribution in [0.1, 0.15) is 23.0 Å². The van der Waals surface area contributed by atoms with Gasteiger partial charge in [0, 0.05) is 12.1 Å². The summed E-state index contributed by atoms with van der Waals surface area (Å²) in [4.78, 5) is 16.5. The van der Waals surface area contributed by atoms with Crippen LogP contribution in [0.4, 0.5) is 0 Å². The van der Waals surface area contributed by atoms with Gasteiger partial charge in [-0.3, -0.25) is 0 Å². The number of nitrogens with zero attached hydrogens (tertiary/aromatic N) is 1. The first kappa shape index (κ1) is 18.8. The van der Waals surface area contributed by atoms with Gasteiger partial charge in [0.1, 0.15) is 18.6 Å². The average Bonchev–Trinajstić information content (AvgIpc) is 3.16. The molecule has 0 saturated heterocycles. The normalized spacial score (nSPS) is 11.3. The van der Waals surface area contributed by atoms with Crippen molar-refractivity contribution in [3.63, 3.8) is 0 Å². The Bertz CT molecular complexity index is 1030. The SMILES string of the molecule is CCNS(=O)(=O)c1cccc(C(=O)OCc2coc(-c3ccccc3)n2)c1. The summed E-state index contributed by atoms with van der Waals surface area (Å²) in [7, 11) is -3.65. The number of sulfonamides is 1. The molecule has 2 aromatic carbocycles. The molecule has 0 unspecified atom stereocenters. The Morgan fingerprint density at radius 1 is 1.15 bits per heavy atom. The Labute approximate surface area is 157 Å². The van der Waals surface area contributed by atoms with Crippen LogP contribution in [-0.4, -0.2) is 25.9 Å². The fourth-order valence-electron chi connectivity index (χ4n) is 2.37. The summed E-state index contributed by atoms with van der Waals surface area (Å²) >= 11 is 0. The summed E-state index contributed by atoms with van der Waals surface area (Å²) in [6.07, 6.45) is 1.42. The predicted octanol–water partition coefficient (Wildman–Crippen LogP) is 3.00. The number of carbonyl (C=O) groups is 1. The lowest BCUT2D eigenvalue weighted by Crippen LogP contribution is -2.23. The number of nitrogens with one attached hydrogen (secondary N) is 1. The highest BCUT2D eigenvalue weighted by atomic mass is 32.2. The van der Waals surface area contributed by atoms with Crippen molar-refractivity contribution in [3.05, 3.63) is 72.1 Å². The van der Waals surface area contributed by atoms with E-state index in [1.165, 1.54) is 30.5 Å². The number of oxazole rings is 1. The summed E-state index contributed by atoms with van der Waals surface area (Å²) in [5.74, 6) is -0.215. The number of esters is 1. The van der Waals surface area contributed by atoms with Crippen molar-refractivity contribution in [2.75, 3.05) is 6.54 Å². The Balaban J connectivity index is 1.67. The molecule has 1 aromatic heterocycles. The lowest BCUT2D eigenvalue weighted by Gasteiger charge is -2.07. The van der Waals surface area contributed by atoms with Crippen LogP contribution in [0.15, 0.2) is 70.2 Å². The molecule has 3 aromatic rings. The minimum atomic E-state index is -3.65. The maximum atomic E-state index is 12.2. The second kappa shape index (κ2) is 8.15. The Morgan fingerprint density at radius 3 is 2.67 bits per heavy atom. The third-order valence-electron chi connectivity index (χ3n) is 3.64. The number of rotatable bonds is 7. The largest absolute Gasteiger partial charge is 0.455 e. The van der Waals surface area contributed by atoms with Gasteiger partial charge >= 0.3 is 5.97 Å². The van der Waals surface area contributed by atoms with Gasteiger partial charge < -0.3 is 9.15 Å². The van der Waals surface area contributed by atoms with E-state index in [1.54, 1.807) is 6.92 Å². The maximum Gasteiger partial charge on any atom is 0.338 e. The molecule has 1 heterocycles. The fourth-order valence-corrected chi connectivity index (χ4v) is 3.46. The van der Waals surface area contributed by atoms with E-state index in [0.29, 0.717) is 11.6 Å². The van der Waals surface area contributed by atoms with Crippen molar-refractivity contribution >= 4 is 16.0 Å². The van der Waals surface area contributed by atoms with E-state index in [2.05, 4.69) is 9.71 Å². The summed E-state index contributed by atoms with van der Waals surface area (Å²) in [5.41, 5.74) is 1.41. The van der Waals surface area contributed by atoms with E-state index in [4.69, 9.17) is 9.15 Å². The molecule has 140 valence electrons. The number of aromatic nitrogens is 1. The van der Waals surface area contributed by atoms with Crippen LogP contribution in [0.2, 0.25) is 0 Å². The molecule has 0 atom stereocenters. The van der Waals surface area contributed by atoms with Crippen LogP contribution in [0.3, 0.4) is 0 Å². The minimum absolute atomic E-state index is 0.00611. The van der Waals surface area contributed by atoms with Gasteiger partial charge in [0.15, 0.2) is 0 Å². The molecular formula is C19H18N2O5S. The Morgan fingerprint density at radius 2 is 1.93 bits per heavy atom. The lowest BCUT2D eigenvalue weighted by molar-refractivity contribution is 0.0467. The number of ether oxygens (including phenoxy) is 1. The highest BCUT2D eigenvalue weighted by Crippen LogP contribution is 2.19. The van der Waals surface area contributed by atoms with E-state index in [0.717, 1.165) is 5.56 Å². The second-order valence-corrected chi connectivity index (χ2v) is 7.38. The monoisotopic (exact) mass is 386 g/mol. The first-order chi connectivity index (χ1) is 13.0. The van der Waals surface area contributed by atoms with Gasteiger partial charge in [-0.15, -0.1) is 0 Å². The Kier molecular flexibility index (Phi) is 5.68. The molecule has 0 spiro atoms. The molecule has 0 aliphatic rings. The molecule has 8 heteroatoms. The van der Waals surface area contributed by atoms with Crippen LogP contribution in [-0.2, 0) is 21.4 Å². The van der Waals surface area contributed by atoms with Gasteiger partial charge in [-0.1, -0.05) is 31.2 Å². The van der Waals surface area contributed by atoms with Crippen molar-refractivity contribution < 1.29 is 22.4 Å². The second-order valence-electron chi connectivity index (χ2n) is 5.62. The number of benzene rings is 2. The molecule has 27 heavy (non-hydrogen) atoms. The van der Waals surface area contributed by atoms with E-state index < -0.39 is 16.0 Å². The molecular weight excluding hydrogens is 368 g/mol. The molecule has 1 N–H and O–H groups in total. The quantitative estimate of drug-likeness (QED) is 0.627. The van der Waals surface area contributed by atoms with Gasteiger partial charge in [-0.2, -0.15) is 0 Å². The highest BCUT2D eigenvalue weighted by molar-refractivity contribution is 7.89. The van der Waals surface area contributed by atoms with Crippen LogP contribution in [0.5, 0.6) is 0 Å². The van der Waals surface area contributed by atoms with Crippen molar-refractivity contribution in [2.45, 2.75) is 18.4 Å². The minimum Gasteiger partial charge on any atom is -0.455 e. The van der Waals surface area contributed by atoms with Gasteiger partial charge in [0.05, 0.1) is 10.5 Å². The Hall–Kier alpha value is -2.97. The molecule has 0 saturated carbocycles. The molecule has 0 bridgehead atoms. The van der Waals surface area contributed by atoms with Gasteiger partial charge in [-0.25, -0.2) is 22.9 Å². The zero-order valence-corrected chi connectivity index (χ0v) is 15.4. The fraction of sp³-hybridized carbons (Fsp3) is 0.158. The van der Waals surface area contributed by atoms with Crippen molar-refractivity contribution in [1.82, 2.24) is 9.71 Å². The first-order valence-electron chi connectivity index (χ1n) is 8.26. The molecule has 3 rings (SSSR count). The van der Waals surface area contributed by atoms with Crippen LogP contribution < -0.4 is 4.72 Å². The van der Waals surface area contributed by atoms with E-state index >= 15 is 0 Å². The molecule has 7 nitrogen and oxygen atoms in total. The topological polar surface area (TPSA) is 98.5 Å². The van der Waals surface area contributed by atoms with E-state index in [9.17, 15) is 13.2 Å². The standard InChI is InChI=1S/C19H18N2O5S/c1-2-20-27(23,24)17-10-6-9-15(11-17)19(22)26-13-16-12-25-18(21-16)14-7-4-3-5-8-14/h3-12,20H,2,13H2,1H3. The number of hydrogen-bond acceptors (Lipinski definition) is 6. The predicted molar refractivity (Wildman–Crippen MR) is 98.4 cm³/mol. The van der Waals surface area contributed by atoms with E-state index in [-0.39, 0.29) is 23.6 Å². The van der Waals surface area contributed by atoms with E-state index in [1.807, 2.05) is 30.3 Å². The summed E-state index contributed by atoms with van der Waals surface area (Å²) < 4.78 is 37.1. The first-order valence-corrected chi connectivity index (χ1v) is 9.74. The number of carbonyl (C=O) groups excluding carboxylic acids is 1. The van der Waals surface area contributed by atoms with Crippen molar-refractivity contribution in [1.29, 1.82) is 0 Å². The van der Waals surface area contributed by atoms with Crippen LogP contribution in [0.25, 0.3) is 11.5 Å². The van der Waals surface area contributed by atoms with Crippen molar-refractivity contribution in [3.8, 4) is 11.5 Å². The zero-order chi connectivity index (χ0) is 19.3. The molecule has 0 aliphatic carbocycles. The third kappa shape index (κ3) is 4.60. The van der Waals surface area contributed by atoms with Gasteiger partial charge in [0.25, 0.3) is 0 Å². The third-order valence-corrected chi connectivity index (χ3v) is 5.18.